The maximum absolute atomic E-state index is 12.3. The van der Waals surface area contributed by atoms with E-state index in [2.05, 4.69) is 10.3 Å². The first-order valence-corrected chi connectivity index (χ1v) is 12.2. The largest absolute Gasteiger partial charge is 0.508 e. The fraction of sp³-hybridized carbons (Fsp3) is 0.385. The minimum Gasteiger partial charge on any atom is -0.508 e. The Morgan fingerprint density at radius 3 is 2.47 bits per heavy atom. The van der Waals surface area contributed by atoms with Crippen LogP contribution in [0.3, 0.4) is 0 Å². The predicted molar refractivity (Wildman–Crippen MR) is 131 cm³/mol. The summed E-state index contributed by atoms with van der Waals surface area (Å²) in [5, 5.41) is 12.2. The second-order valence-electron chi connectivity index (χ2n) is 8.74. The van der Waals surface area contributed by atoms with Crippen molar-refractivity contribution in [1.29, 1.82) is 0 Å². The number of aryl methyl sites for hydroxylation is 2. The summed E-state index contributed by atoms with van der Waals surface area (Å²) < 4.78 is 0. The fourth-order valence-electron chi connectivity index (χ4n) is 4.29. The van der Waals surface area contributed by atoms with Gasteiger partial charge in [0.15, 0.2) is 5.13 Å². The number of carbonyl (C=O) groups is 1. The summed E-state index contributed by atoms with van der Waals surface area (Å²) in [6.07, 6.45) is 4.68. The predicted octanol–water partition coefficient (Wildman–Crippen LogP) is 5.69. The molecule has 0 aliphatic carbocycles. The van der Waals surface area contributed by atoms with Crippen LogP contribution in [0.2, 0.25) is 0 Å². The van der Waals surface area contributed by atoms with Gasteiger partial charge in [-0.2, -0.15) is 0 Å². The maximum atomic E-state index is 12.3. The Morgan fingerprint density at radius 2 is 1.81 bits per heavy atom. The van der Waals surface area contributed by atoms with Crippen LogP contribution in [0.5, 0.6) is 5.75 Å². The van der Waals surface area contributed by atoms with Crippen LogP contribution < -0.4 is 4.90 Å². The molecular formula is C26H31N3O2S. The second-order valence-corrected chi connectivity index (χ2v) is 9.57. The summed E-state index contributed by atoms with van der Waals surface area (Å²) in [6, 6.07) is 15.6. The standard InChI is InChI=1S/C26H31N3O2S/c1-19-3-9-24(10-4-19)29(20(2)30)26-27-23(18-32-26)17-28-15-13-22(14-16-28)6-5-21-7-11-25(31)12-8-21/h3-4,7-12,18,22,31H,5-6,13-17H2,1-2H3. The van der Waals surface area contributed by atoms with Gasteiger partial charge in [0.2, 0.25) is 5.91 Å². The number of amides is 1. The molecule has 6 heteroatoms. The molecule has 3 aromatic rings. The van der Waals surface area contributed by atoms with Gasteiger partial charge in [-0.25, -0.2) is 4.98 Å². The Bertz CT molecular complexity index is 1020. The zero-order valence-electron chi connectivity index (χ0n) is 18.8. The second kappa shape index (κ2) is 10.3. The lowest BCUT2D eigenvalue weighted by molar-refractivity contribution is -0.115. The Kier molecular flexibility index (Phi) is 7.22. The summed E-state index contributed by atoms with van der Waals surface area (Å²) in [4.78, 5) is 21.3. The van der Waals surface area contributed by atoms with Crippen molar-refractivity contribution in [2.24, 2.45) is 5.92 Å². The Labute approximate surface area is 194 Å². The molecule has 1 saturated heterocycles. The summed E-state index contributed by atoms with van der Waals surface area (Å²) in [5.41, 5.74) is 4.36. The molecule has 2 heterocycles. The van der Waals surface area contributed by atoms with Crippen LogP contribution in [0.25, 0.3) is 0 Å². The molecule has 1 fully saturated rings. The lowest BCUT2D eigenvalue weighted by Crippen LogP contribution is -2.33. The van der Waals surface area contributed by atoms with Crippen LogP contribution in [0.15, 0.2) is 53.9 Å². The van der Waals surface area contributed by atoms with Crippen molar-refractivity contribution in [3.8, 4) is 5.75 Å². The Morgan fingerprint density at radius 1 is 1.12 bits per heavy atom. The third kappa shape index (κ3) is 5.75. The van der Waals surface area contributed by atoms with Crippen LogP contribution in [0.4, 0.5) is 10.8 Å². The number of anilines is 2. The van der Waals surface area contributed by atoms with Gasteiger partial charge in [0.25, 0.3) is 0 Å². The minimum absolute atomic E-state index is 0.0239. The normalized spacial score (nSPS) is 15.1. The van der Waals surface area contributed by atoms with Crippen LogP contribution in [0.1, 0.15) is 43.0 Å². The molecule has 0 saturated carbocycles. The molecule has 168 valence electrons. The highest BCUT2D eigenvalue weighted by Crippen LogP contribution is 2.30. The molecule has 0 atom stereocenters. The highest BCUT2D eigenvalue weighted by molar-refractivity contribution is 7.14. The topological polar surface area (TPSA) is 56.7 Å². The smallest absolute Gasteiger partial charge is 0.230 e. The number of aromatic nitrogens is 1. The average molecular weight is 450 g/mol. The number of aromatic hydroxyl groups is 1. The monoisotopic (exact) mass is 449 g/mol. The van der Waals surface area contributed by atoms with E-state index in [1.807, 2.05) is 43.3 Å². The molecular weight excluding hydrogens is 418 g/mol. The van der Waals surface area contributed by atoms with Gasteiger partial charge in [0, 0.05) is 18.8 Å². The molecule has 1 aromatic heterocycles. The number of hydrogen-bond donors (Lipinski definition) is 1. The third-order valence-corrected chi connectivity index (χ3v) is 7.08. The maximum Gasteiger partial charge on any atom is 0.230 e. The van der Waals surface area contributed by atoms with Crippen LogP contribution in [-0.4, -0.2) is 34.0 Å². The van der Waals surface area contributed by atoms with E-state index in [1.54, 1.807) is 24.0 Å². The zero-order valence-corrected chi connectivity index (χ0v) is 19.6. The van der Waals surface area contributed by atoms with E-state index >= 15 is 0 Å². The highest BCUT2D eigenvalue weighted by Gasteiger charge is 2.22. The van der Waals surface area contributed by atoms with Gasteiger partial charge in [-0.3, -0.25) is 14.6 Å². The number of nitrogens with zero attached hydrogens (tertiary/aromatic N) is 3. The third-order valence-electron chi connectivity index (χ3n) is 6.21. The van der Waals surface area contributed by atoms with Crippen molar-refractivity contribution in [2.75, 3.05) is 18.0 Å². The molecule has 1 amide bonds. The van der Waals surface area contributed by atoms with Gasteiger partial charge in [-0.05, 0) is 81.4 Å². The zero-order chi connectivity index (χ0) is 22.5. The Balaban J connectivity index is 1.29. The molecule has 5 nitrogen and oxygen atoms in total. The van der Waals surface area contributed by atoms with Gasteiger partial charge in [-0.1, -0.05) is 29.8 Å². The van der Waals surface area contributed by atoms with E-state index in [0.717, 1.165) is 48.5 Å². The van der Waals surface area contributed by atoms with Crippen LogP contribution in [-0.2, 0) is 17.8 Å². The molecule has 4 rings (SSSR count). The lowest BCUT2D eigenvalue weighted by Gasteiger charge is -2.31. The molecule has 0 spiro atoms. The van der Waals surface area contributed by atoms with E-state index in [4.69, 9.17) is 4.98 Å². The summed E-state index contributed by atoms with van der Waals surface area (Å²) in [5.74, 6) is 1.06. The van der Waals surface area contributed by atoms with Crippen LogP contribution >= 0.6 is 11.3 Å². The van der Waals surface area contributed by atoms with E-state index < -0.39 is 0 Å². The van der Waals surface area contributed by atoms with Crippen molar-refractivity contribution in [2.45, 2.75) is 46.1 Å². The number of phenolic OH excluding ortho intramolecular Hbond substituents is 1. The average Bonchev–Trinajstić information content (AvgIpc) is 3.23. The summed E-state index contributed by atoms with van der Waals surface area (Å²) in [7, 11) is 0. The number of likely N-dealkylation sites (tertiary alicyclic amines) is 1. The SMILES string of the molecule is CC(=O)N(c1ccc(C)cc1)c1nc(CN2CCC(CCc3ccc(O)cc3)CC2)cs1. The fourth-order valence-corrected chi connectivity index (χ4v) is 5.17. The highest BCUT2D eigenvalue weighted by atomic mass is 32.1. The van der Waals surface area contributed by atoms with Crippen molar-refractivity contribution in [3.05, 3.63) is 70.7 Å². The lowest BCUT2D eigenvalue weighted by atomic mass is 9.90. The summed E-state index contributed by atoms with van der Waals surface area (Å²) in [6.45, 7) is 6.63. The van der Waals surface area contributed by atoms with Crippen LogP contribution in [0, 0.1) is 12.8 Å². The van der Waals surface area contributed by atoms with Crippen molar-refractivity contribution in [1.82, 2.24) is 9.88 Å². The molecule has 1 aliphatic rings. The minimum atomic E-state index is -0.0239. The van der Waals surface area contributed by atoms with Crippen molar-refractivity contribution in [3.63, 3.8) is 0 Å². The van der Waals surface area contributed by atoms with E-state index in [1.165, 1.54) is 41.7 Å². The van der Waals surface area contributed by atoms with Gasteiger partial charge in [0.1, 0.15) is 5.75 Å². The van der Waals surface area contributed by atoms with E-state index in [-0.39, 0.29) is 5.91 Å². The molecule has 2 aromatic carbocycles. The van der Waals surface area contributed by atoms with E-state index in [9.17, 15) is 9.90 Å². The number of hydrogen-bond acceptors (Lipinski definition) is 5. The van der Waals surface area contributed by atoms with Gasteiger partial charge < -0.3 is 5.11 Å². The number of phenols is 1. The molecule has 0 bridgehead atoms. The van der Waals surface area contributed by atoms with Gasteiger partial charge in [0.05, 0.1) is 11.4 Å². The molecule has 1 aliphatic heterocycles. The number of benzene rings is 2. The molecule has 1 N–H and O–H groups in total. The van der Waals surface area contributed by atoms with Gasteiger partial charge >= 0.3 is 0 Å². The number of thiazole rings is 1. The first-order valence-electron chi connectivity index (χ1n) is 11.3. The van der Waals surface area contributed by atoms with Crippen molar-refractivity contribution < 1.29 is 9.90 Å². The summed E-state index contributed by atoms with van der Waals surface area (Å²) >= 11 is 1.53. The first kappa shape index (κ1) is 22.5. The number of rotatable bonds is 7. The van der Waals surface area contributed by atoms with Crippen molar-refractivity contribution >= 4 is 28.1 Å². The molecule has 0 unspecified atom stereocenters. The first-order chi connectivity index (χ1) is 15.5. The number of piperidine rings is 1. The van der Waals surface area contributed by atoms with E-state index in [0.29, 0.717) is 5.75 Å². The molecule has 0 radical (unpaired) electrons. The number of carbonyl (C=O) groups excluding carboxylic acids is 1. The molecule has 32 heavy (non-hydrogen) atoms. The Hall–Kier alpha value is -2.70. The quantitative estimate of drug-likeness (QED) is 0.504. The van der Waals surface area contributed by atoms with Gasteiger partial charge in [-0.15, -0.1) is 11.3 Å².